The van der Waals surface area contributed by atoms with Crippen LogP contribution in [-0.2, 0) is 11.4 Å². The van der Waals surface area contributed by atoms with Crippen molar-refractivity contribution in [1.82, 2.24) is 5.32 Å². The molecule has 33 heavy (non-hydrogen) atoms. The number of ether oxygens (including phenoxy) is 1. The summed E-state index contributed by atoms with van der Waals surface area (Å²) in [6.45, 7) is 2.09. The van der Waals surface area contributed by atoms with Gasteiger partial charge in [-0.05, 0) is 69.9 Å². The van der Waals surface area contributed by atoms with Crippen molar-refractivity contribution < 1.29 is 9.53 Å². The largest absolute Gasteiger partial charge is 0.486 e. The molecule has 0 aliphatic heterocycles. The molecule has 0 saturated heterocycles. The first kappa shape index (κ1) is 25.1. The predicted molar refractivity (Wildman–Crippen MR) is 137 cm³/mol. The number of hydrogen-bond acceptors (Lipinski definition) is 3. The van der Waals surface area contributed by atoms with E-state index in [4.69, 9.17) is 39.5 Å². The third kappa shape index (κ3) is 6.75. The smallest absolute Gasteiger partial charge is 0.262 e. The van der Waals surface area contributed by atoms with E-state index in [2.05, 4.69) is 21.2 Å². The summed E-state index contributed by atoms with van der Waals surface area (Å²) < 4.78 is 6.42. The highest BCUT2D eigenvalue weighted by molar-refractivity contribution is 9.10. The Kier molecular flexibility index (Phi) is 8.82. The van der Waals surface area contributed by atoms with E-state index < -0.39 is 5.91 Å². The van der Waals surface area contributed by atoms with Gasteiger partial charge < -0.3 is 10.1 Å². The highest BCUT2D eigenvalue weighted by Crippen LogP contribution is 2.36. The summed E-state index contributed by atoms with van der Waals surface area (Å²) in [4.78, 5) is 12.6. The van der Waals surface area contributed by atoms with Gasteiger partial charge in [-0.2, -0.15) is 5.26 Å². The lowest BCUT2D eigenvalue weighted by atomic mass is 10.1. The van der Waals surface area contributed by atoms with Crippen molar-refractivity contribution in [2.45, 2.75) is 19.6 Å². The standard InChI is InChI=1S/C25H18BrCl3N2O2/c1-15(18-5-3-2-4-6-18)31-25(32)19(13-30)9-17-10-20(26)24(23(29)12-17)33-14-16-7-8-21(27)22(28)11-16/h2-12,15H,14H2,1H3,(H,31,32)/b19-9-/t15-/m1/s1. The van der Waals surface area contributed by atoms with Gasteiger partial charge in [-0.15, -0.1) is 0 Å². The van der Waals surface area contributed by atoms with Crippen LogP contribution in [0.1, 0.15) is 29.7 Å². The molecule has 0 fully saturated rings. The third-order valence-electron chi connectivity index (χ3n) is 4.71. The molecule has 0 aromatic heterocycles. The molecule has 4 nitrogen and oxygen atoms in total. The third-order valence-corrected chi connectivity index (χ3v) is 6.32. The van der Waals surface area contributed by atoms with Gasteiger partial charge in [0.2, 0.25) is 0 Å². The average molecular weight is 565 g/mol. The maximum Gasteiger partial charge on any atom is 0.262 e. The first-order valence-corrected chi connectivity index (χ1v) is 11.7. The maximum atomic E-state index is 12.6. The fourth-order valence-corrected chi connectivity index (χ4v) is 4.31. The van der Waals surface area contributed by atoms with Crippen molar-refractivity contribution in [3.8, 4) is 11.8 Å². The second kappa shape index (κ2) is 11.6. The minimum absolute atomic E-state index is 0.0368. The number of amides is 1. The van der Waals surface area contributed by atoms with Crippen molar-refractivity contribution >= 4 is 62.7 Å². The minimum atomic E-state index is -0.471. The lowest BCUT2D eigenvalue weighted by Crippen LogP contribution is -2.27. The molecule has 0 bridgehead atoms. The monoisotopic (exact) mass is 562 g/mol. The van der Waals surface area contributed by atoms with Gasteiger partial charge in [0.05, 0.1) is 25.6 Å². The normalized spacial score (nSPS) is 12.1. The zero-order valence-electron chi connectivity index (χ0n) is 17.4. The quantitative estimate of drug-likeness (QED) is 0.236. The molecule has 1 atom stereocenters. The van der Waals surface area contributed by atoms with Crippen LogP contribution in [0.4, 0.5) is 0 Å². The van der Waals surface area contributed by atoms with Gasteiger partial charge in [-0.3, -0.25) is 4.79 Å². The Balaban J connectivity index is 1.74. The molecule has 3 aromatic rings. The number of nitrogens with one attached hydrogen (secondary N) is 1. The van der Waals surface area contributed by atoms with Crippen molar-refractivity contribution in [3.63, 3.8) is 0 Å². The van der Waals surface area contributed by atoms with Crippen molar-refractivity contribution in [3.05, 3.63) is 102 Å². The van der Waals surface area contributed by atoms with Crippen LogP contribution >= 0.6 is 50.7 Å². The van der Waals surface area contributed by atoms with Crippen LogP contribution in [0.25, 0.3) is 6.08 Å². The summed E-state index contributed by atoms with van der Waals surface area (Å²) in [6, 6.07) is 19.8. The molecule has 1 amide bonds. The Labute approximate surface area is 215 Å². The number of halogens is 4. The van der Waals surface area contributed by atoms with Crippen LogP contribution in [0.3, 0.4) is 0 Å². The molecule has 0 saturated carbocycles. The van der Waals surface area contributed by atoms with E-state index in [1.54, 1.807) is 30.3 Å². The highest BCUT2D eigenvalue weighted by atomic mass is 79.9. The molecule has 0 aliphatic carbocycles. The molecule has 168 valence electrons. The second-order valence-corrected chi connectivity index (χ2v) is 9.20. The molecule has 0 aliphatic rings. The van der Waals surface area contributed by atoms with Crippen molar-refractivity contribution in [2.24, 2.45) is 0 Å². The van der Waals surface area contributed by atoms with E-state index in [-0.39, 0.29) is 18.2 Å². The van der Waals surface area contributed by atoms with Gasteiger partial charge in [0.25, 0.3) is 5.91 Å². The number of benzene rings is 3. The SMILES string of the molecule is C[C@@H](NC(=O)/C(C#N)=C\c1cc(Cl)c(OCc2ccc(Cl)c(Cl)c2)c(Br)c1)c1ccccc1. The Bertz CT molecular complexity index is 1220. The van der Waals surface area contributed by atoms with Gasteiger partial charge in [0, 0.05) is 0 Å². The van der Waals surface area contributed by atoms with Crippen molar-refractivity contribution in [1.29, 1.82) is 5.26 Å². The van der Waals surface area contributed by atoms with E-state index in [1.165, 1.54) is 6.08 Å². The molecule has 8 heteroatoms. The van der Waals surface area contributed by atoms with E-state index in [0.717, 1.165) is 11.1 Å². The van der Waals surface area contributed by atoms with Crippen molar-refractivity contribution in [2.75, 3.05) is 0 Å². The number of carbonyl (C=O) groups is 1. The van der Waals surface area contributed by atoms with Crippen LogP contribution in [-0.4, -0.2) is 5.91 Å². The summed E-state index contributed by atoms with van der Waals surface area (Å²) in [5.74, 6) is -0.0402. The van der Waals surface area contributed by atoms with Crippen LogP contribution < -0.4 is 10.1 Å². The molecule has 0 radical (unpaired) electrons. The van der Waals surface area contributed by atoms with Gasteiger partial charge in [-0.25, -0.2) is 0 Å². The number of rotatable bonds is 7. The predicted octanol–water partition coefficient (Wildman–Crippen LogP) is 7.77. The average Bonchev–Trinajstić information content (AvgIpc) is 2.79. The first-order valence-electron chi connectivity index (χ1n) is 9.82. The zero-order chi connectivity index (χ0) is 24.0. The molecule has 3 rings (SSSR count). The first-order chi connectivity index (χ1) is 15.8. The summed E-state index contributed by atoms with van der Waals surface area (Å²) in [5, 5.41) is 13.6. The zero-order valence-corrected chi connectivity index (χ0v) is 21.3. The number of nitrogens with zero attached hydrogens (tertiary/aromatic N) is 1. The van der Waals surface area contributed by atoms with Crippen LogP contribution in [0.5, 0.6) is 5.75 Å². The molecule has 0 spiro atoms. The van der Waals surface area contributed by atoms with Crippen LogP contribution in [0.15, 0.2) is 70.7 Å². The van der Waals surface area contributed by atoms with Crippen LogP contribution in [0.2, 0.25) is 15.1 Å². The van der Waals surface area contributed by atoms with Gasteiger partial charge >= 0.3 is 0 Å². The Morgan fingerprint density at radius 1 is 1.09 bits per heavy atom. The molecular formula is C25H18BrCl3N2O2. The lowest BCUT2D eigenvalue weighted by molar-refractivity contribution is -0.117. The Morgan fingerprint density at radius 3 is 2.45 bits per heavy atom. The molecule has 3 aromatic carbocycles. The second-order valence-electron chi connectivity index (χ2n) is 7.13. The summed E-state index contributed by atoms with van der Waals surface area (Å²) >= 11 is 21.8. The van der Waals surface area contributed by atoms with Gasteiger partial charge in [0.15, 0.2) is 5.75 Å². The molecule has 0 heterocycles. The van der Waals surface area contributed by atoms with Gasteiger partial charge in [0.1, 0.15) is 18.2 Å². The summed E-state index contributed by atoms with van der Waals surface area (Å²) in [5.41, 5.74) is 2.31. The Morgan fingerprint density at radius 2 is 1.82 bits per heavy atom. The van der Waals surface area contributed by atoms with E-state index in [9.17, 15) is 10.1 Å². The topological polar surface area (TPSA) is 62.1 Å². The number of hydrogen-bond donors (Lipinski definition) is 1. The summed E-state index contributed by atoms with van der Waals surface area (Å²) in [6.07, 6.45) is 1.48. The number of carbonyl (C=O) groups excluding carboxylic acids is 1. The fourth-order valence-electron chi connectivity index (χ4n) is 3.00. The molecule has 0 unspecified atom stereocenters. The van der Waals surface area contributed by atoms with Crippen LogP contribution in [0, 0.1) is 11.3 Å². The Hall–Kier alpha value is -2.49. The van der Waals surface area contributed by atoms with E-state index in [0.29, 0.717) is 30.9 Å². The van der Waals surface area contributed by atoms with E-state index >= 15 is 0 Å². The lowest BCUT2D eigenvalue weighted by Gasteiger charge is -2.14. The maximum absolute atomic E-state index is 12.6. The number of nitriles is 1. The fraction of sp³-hybridized carbons (Fsp3) is 0.120. The molecular weight excluding hydrogens is 547 g/mol. The molecule has 1 N–H and O–H groups in total. The minimum Gasteiger partial charge on any atom is -0.486 e. The summed E-state index contributed by atoms with van der Waals surface area (Å²) in [7, 11) is 0. The van der Waals surface area contributed by atoms with E-state index in [1.807, 2.05) is 43.3 Å². The highest BCUT2D eigenvalue weighted by Gasteiger charge is 2.15. The van der Waals surface area contributed by atoms with Gasteiger partial charge in [-0.1, -0.05) is 71.2 Å².